The second kappa shape index (κ2) is 5.00. The lowest BCUT2D eigenvalue weighted by Gasteiger charge is -2.17. The minimum Gasteiger partial charge on any atom is -0.339 e. The van der Waals surface area contributed by atoms with E-state index in [4.69, 9.17) is 10.3 Å². The van der Waals surface area contributed by atoms with Crippen LogP contribution >= 0.6 is 27.3 Å². The maximum absolute atomic E-state index is 6.35. The average molecular weight is 342 g/mol. The molecule has 0 radical (unpaired) electrons. The van der Waals surface area contributed by atoms with Gasteiger partial charge in [0.1, 0.15) is 0 Å². The van der Waals surface area contributed by atoms with E-state index < -0.39 is 0 Å². The Morgan fingerprint density at radius 3 is 2.79 bits per heavy atom. The van der Waals surface area contributed by atoms with E-state index in [2.05, 4.69) is 39.1 Å². The summed E-state index contributed by atoms with van der Waals surface area (Å²) in [5.41, 5.74) is 5.97. The maximum Gasteiger partial charge on any atom is 0.234 e. The highest BCUT2D eigenvalue weighted by Crippen LogP contribution is 2.36. The lowest BCUT2D eigenvalue weighted by molar-refractivity contribution is 0.344. The molecule has 1 fully saturated rings. The zero-order valence-electron chi connectivity index (χ0n) is 10.7. The van der Waals surface area contributed by atoms with Crippen LogP contribution in [0, 0.1) is 0 Å². The van der Waals surface area contributed by atoms with Gasteiger partial charge in [-0.1, -0.05) is 18.0 Å². The predicted octanol–water partition coefficient (Wildman–Crippen LogP) is 3.77. The molecule has 0 aromatic carbocycles. The summed E-state index contributed by atoms with van der Waals surface area (Å²) in [6.45, 7) is 2.08. The molecule has 1 atom stereocenters. The first-order chi connectivity index (χ1) is 9.08. The molecular weight excluding hydrogens is 326 g/mol. The summed E-state index contributed by atoms with van der Waals surface area (Å²) >= 11 is 5.16. The molecule has 0 aliphatic heterocycles. The van der Waals surface area contributed by atoms with Gasteiger partial charge in [0.15, 0.2) is 5.82 Å². The van der Waals surface area contributed by atoms with Crippen molar-refractivity contribution in [3.8, 4) is 0 Å². The first-order valence-electron chi connectivity index (χ1n) is 6.47. The second-order valence-corrected chi connectivity index (χ2v) is 7.68. The predicted molar refractivity (Wildman–Crippen MR) is 78.2 cm³/mol. The lowest BCUT2D eigenvalue weighted by atomic mass is 9.98. The number of nitrogens with two attached hydrogens (primary N) is 1. The molecular formula is C13H16BrN3OS. The Balaban J connectivity index is 1.85. The van der Waals surface area contributed by atoms with Gasteiger partial charge in [0.05, 0.1) is 15.2 Å². The third-order valence-electron chi connectivity index (χ3n) is 3.77. The molecule has 0 spiro atoms. The molecule has 2 N–H and O–H groups in total. The summed E-state index contributed by atoms with van der Waals surface area (Å²) < 4.78 is 6.53. The van der Waals surface area contributed by atoms with Crippen LogP contribution in [0.15, 0.2) is 20.4 Å². The first-order valence-corrected chi connectivity index (χ1v) is 8.08. The number of hydrogen-bond acceptors (Lipinski definition) is 5. The SMILES string of the molecule is CC(c1nc(C2(N)CCCC2)no1)c1ccc(Br)s1. The Morgan fingerprint density at radius 1 is 1.42 bits per heavy atom. The standard InChI is InChI=1S/C13H16BrN3OS/c1-8(9-4-5-10(14)19-9)11-16-12(17-18-11)13(15)6-2-3-7-13/h4-5,8H,2-3,6-7,15H2,1H3. The van der Waals surface area contributed by atoms with Gasteiger partial charge in [-0.2, -0.15) is 4.98 Å². The molecule has 1 aliphatic carbocycles. The highest BCUT2D eigenvalue weighted by molar-refractivity contribution is 9.11. The van der Waals surface area contributed by atoms with Crippen molar-refractivity contribution in [1.29, 1.82) is 0 Å². The molecule has 1 saturated carbocycles. The fraction of sp³-hybridized carbons (Fsp3) is 0.538. The van der Waals surface area contributed by atoms with Gasteiger partial charge in [-0.05, 0) is 47.8 Å². The van der Waals surface area contributed by atoms with E-state index in [1.807, 2.05) is 6.07 Å². The van der Waals surface area contributed by atoms with Crippen LogP contribution in [-0.2, 0) is 5.54 Å². The normalized spacial score (nSPS) is 19.7. The summed E-state index contributed by atoms with van der Waals surface area (Å²) in [5, 5.41) is 4.11. The van der Waals surface area contributed by atoms with Crippen molar-refractivity contribution in [3.63, 3.8) is 0 Å². The quantitative estimate of drug-likeness (QED) is 0.922. The Hall–Kier alpha value is -0.720. The van der Waals surface area contributed by atoms with Crippen molar-refractivity contribution in [2.45, 2.75) is 44.1 Å². The van der Waals surface area contributed by atoms with Crippen molar-refractivity contribution < 1.29 is 4.52 Å². The van der Waals surface area contributed by atoms with Crippen LogP contribution in [0.1, 0.15) is 55.1 Å². The van der Waals surface area contributed by atoms with Crippen LogP contribution in [-0.4, -0.2) is 10.1 Å². The fourth-order valence-electron chi connectivity index (χ4n) is 2.53. The molecule has 2 aromatic heterocycles. The smallest absolute Gasteiger partial charge is 0.234 e. The van der Waals surface area contributed by atoms with Gasteiger partial charge in [0, 0.05) is 4.88 Å². The van der Waals surface area contributed by atoms with Crippen LogP contribution in [0.2, 0.25) is 0 Å². The van der Waals surface area contributed by atoms with Crippen LogP contribution in [0.4, 0.5) is 0 Å². The topological polar surface area (TPSA) is 64.9 Å². The van der Waals surface area contributed by atoms with Gasteiger partial charge in [0.2, 0.25) is 5.89 Å². The van der Waals surface area contributed by atoms with E-state index in [9.17, 15) is 0 Å². The average Bonchev–Trinajstić information content (AvgIpc) is 3.08. The van der Waals surface area contributed by atoms with E-state index in [1.54, 1.807) is 11.3 Å². The maximum atomic E-state index is 6.35. The molecule has 0 amide bonds. The van der Waals surface area contributed by atoms with Gasteiger partial charge < -0.3 is 10.3 Å². The Bertz CT molecular complexity index is 574. The van der Waals surface area contributed by atoms with Gasteiger partial charge in [-0.3, -0.25) is 0 Å². The largest absolute Gasteiger partial charge is 0.339 e. The van der Waals surface area contributed by atoms with Crippen molar-refractivity contribution in [2.75, 3.05) is 0 Å². The van der Waals surface area contributed by atoms with Crippen LogP contribution in [0.5, 0.6) is 0 Å². The Morgan fingerprint density at radius 2 is 2.16 bits per heavy atom. The molecule has 2 heterocycles. The first kappa shape index (κ1) is 13.3. The monoisotopic (exact) mass is 341 g/mol. The third-order valence-corrected chi connectivity index (χ3v) is 5.58. The van der Waals surface area contributed by atoms with Crippen molar-refractivity contribution in [1.82, 2.24) is 10.1 Å². The van der Waals surface area contributed by atoms with Gasteiger partial charge in [0.25, 0.3) is 0 Å². The fourth-order valence-corrected chi connectivity index (χ4v) is 3.99. The number of rotatable bonds is 3. The summed E-state index contributed by atoms with van der Waals surface area (Å²) in [6.07, 6.45) is 4.19. The summed E-state index contributed by atoms with van der Waals surface area (Å²) in [4.78, 5) is 5.75. The minimum absolute atomic E-state index is 0.113. The number of aromatic nitrogens is 2. The number of thiophene rings is 1. The molecule has 19 heavy (non-hydrogen) atoms. The lowest BCUT2D eigenvalue weighted by Crippen LogP contribution is -2.34. The zero-order valence-corrected chi connectivity index (χ0v) is 13.1. The number of hydrogen-bond donors (Lipinski definition) is 1. The van der Waals surface area contributed by atoms with E-state index in [0.29, 0.717) is 11.7 Å². The summed E-state index contributed by atoms with van der Waals surface area (Å²) in [6, 6.07) is 4.12. The highest BCUT2D eigenvalue weighted by atomic mass is 79.9. The molecule has 0 bridgehead atoms. The van der Waals surface area contributed by atoms with Gasteiger partial charge in [-0.15, -0.1) is 11.3 Å². The third kappa shape index (κ3) is 2.49. The van der Waals surface area contributed by atoms with E-state index in [0.717, 1.165) is 29.5 Å². The molecule has 1 unspecified atom stereocenters. The van der Waals surface area contributed by atoms with E-state index in [1.165, 1.54) is 4.88 Å². The van der Waals surface area contributed by atoms with Crippen LogP contribution in [0.25, 0.3) is 0 Å². The molecule has 4 nitrogen and oxygen atoms in total. The van der Waals surface area contributed by atoms with Gasteiger partial charge in [-0.25, -0.2) is 0 Å². The molecule has 102 valence electrons. The van der Waals surface area contributed by atoms with Crippen LogP contribution < -0.4 is 5.73 Å². The van der Waals surface area contributed by atoms with E-state index in [-0.39, 0.29) is 11.5 Å². The molecule has 6 heteroatoms. The number of halogens is 1. The highest BCUT2D eigenvalue weighted by Gasteiger charge is 2.36. The summed E-state index contributed by atoms with van der Waals surface area (Å²) in [5.74, 6) is 1.44. The zero-order chi connectivity index (χ0) is 13.5. The van der Waals surface area contributed by atoms with Gasteiger partial charge >= 0.3 is 0 Å². The van der Waals surface area contributed by atoms with Crippen molar-refractivity contribution in [3.05, 3.63) is 32.5 Å². The Labute approximate surface area is 124 Å². The molecule has 0 saturated heterocycles. The second-order valence-electron chi connectivity index (χ2n) is 5.18. The summed E-state index contributed by atoms with van der Waals surface area (Å²) in [7, 11) is 0. The number of nitrogens with zero attached hydrogens (tertiary/aromatic N) is 2. The minimum atomic E-state index is -0.377. The van der Waals surface area contributed by atoms with Crippen molar-refractivity contribution >= 4 is 27.3 Å². The molecule has 3 rings (SSSR count). The molecule has 2 aromatic rings. The van der Waals surface area contributed by atoms with Crippen molar-refractivity contribution in [2.24, 2.45) is 5.73 Å². The Kier molecular flexibility index (Phi) is 3.49. The van der Waals surface area contributed by atoms with Crippen LogP contribution in [0.3, 0.4) is 0 Å². The molecule has 1 aliphatic rings. The van der Waals surface area contributed by atoms with E-state index >= 15 is 0 Å².